The molecule has 0 aromatic heterocycles. The second-order valence-corrected chi connectivity index (χ2v) is 9.47. The normalized spacial score (nSPS) is 21.5. The van der Waals surface area contributed by atoms with Crippen LogP contribution in [-0.2, 0) is 9.59 Å². The molecule has 2 aliphatic heterocycles. The third-order valence-electron chi connectivity index (χ3n) is 7.48. The van der Waals surface area contributed by atoms with Gasteiger partial charge in [0, 0.05) is 39.3 Å². The summed E-state index contributed by atoms with van der Waals surface area (Å²) in [7, 11) is 0. The Morgan fingerprint density at radius 1 is 0.727 bits per heavy atom. The molecule has 0 radical (unpaired) electrons. The Morgan fingerprint density at radius 2 is 1.33 bits per heavy atom. The van der Waals surface area contributed by atoms with Gasteiger partial charge in [-0.05, 0) is 42.7 Å². The van der Waals surface area contributed by atoms with Crippen molar-refractivity contribution in [2.24, 2.45) is 5.92 Å². The average molecular weight is 444 g/mol. The smallest absolute Gasteiger partial charge is 0.312 e. The van der Waals surface area contributed by atoms with Crippen molar-refractivity contribution >= 4 is 11.8 Å². The highest BCUT2D eigenvalue weighted by molar-refractivity contribution is 6.35. The number of allylic oxidation sites excluding steroid dienone is 1. The number of benzene rings is 2. The largest absolute Gasteiger partial charge is 0.332 e. The van der Waals surface area contributed by atoms with Gasteiger partial charge >= 0.3 is 11.8 Å². The number of carbonyl (C=O) groups is 2. The molecule has 0 N–H and O–H groups in total. The number of piperazine rings is 1. The maximum absolute atomic E-state index is 13.1. The lowest BCUT2D eigenvalue weighted by molar-refractivity contribution is -0.153. The summed E-state index contributed by atoms with van der Waals surface area (Å²) < 4.78 is 0. The minimum atomic E-state index is -0.333. The van der Waals surface area contributed by atoms with E-state index >= 15 is 0 Å². The molecule has 5 rings (SSSR count). The highest BCUT2D eigenvalue weighted by atomic mass is 16.2. The summed E-state index contributed by atoms with van der Waals surface area (Å²) in [4.78, 5) is 32.1. The molecule has 2 aromatic carbocycles. The summed E-state index contributed by atoms with van der Waals surface area (Å²) in [6, 6.07) is 21.2. The molecule has 2 amide bonds. The Bertz CT molecular complexity index is 957. The zero-order valence-corrected chi connectivity index (χ0v) is 19.2. The van der Waals surface area contributed by atoms with E-state index in [1.54, 1.807) is 9.80 Å². The molecule has 2 aromatic rings. The van der Waals surface area contributed by atoms with Crippen LogP contribution in [0.1, 0.15) is 42.9 Å². The van der Waals surface area contributed by atoms with Gasteiger partial charge < -0.3 is 9.80 Å². The zero-order valence-electron chi connectivity index (χ0n) is 19.2. The number of hydrogen-bond acceptors (Lipinski definition) is 3. The van der Waals surface area contributed by atoms with Gasteiger partial charge in [0.1, 0.15) is 0 Å². The zero-order chi connectivity index (χ0) is 22.6. The molecule has 0 bridgehead atoms. The van der Waals surface area contributed by atoms with Gasteiger partial charge in [-0.25, -0.2) is 0 Å². The standard InChI is InChI=1S/C28H33N3O2/c32-27(28(33)31-16-15-22-9-7-8-14-25(22)21-31)30-19-17-29(18-20-30)26(23-10-3-1-4-11-23)24-12-5-2-6-13-24/h1-6,10-14,22,26H,7-9,15-21H2. The first kappa shape index (κ1) is 21.9. The number of carbonyl (C=O) groups excluding carboxylic acids is 2. The molecule has 1 aliphatic carbocycles. The SMILES string of the molecule is O=C(C(=O)N1CCC2CCCC=C2C1)N1CCN(C(c2ccccc2)c2ccccc2)CC1. The maximum Gasteiger partial charge on any atom is 0.312 e. The van der Waals surface area contributed by atoms with E-state index in [1.807, 2.05) is 12.1 Å². The Kier molecular flexibility index (Phi) is 6.58. The van der Waals surface area contributed by atoms with E-state index in [-0.39, 0.29) is 17.9 Å². The molecule has 2 saturated heterocycles. The monoisotopic (exact) mass is 443 g/mol. The van der Waals surface area contributed by atoms with Crippen LogP contribution in [0.3, 0.4) is 0 Å². The van der Waals surface area contributed by atoms with Crippen LogP contribution in [0.25, 0.3) is 0 Å². The van der Waals surface area contributed by atoms with Crippen LogP contribution in [0.5, 0.6) is 0 Å². The van der Waals surface area contributed by atoms with E-state index < -0.39 is 0 Å². The third-order valence-corrected chi connectivity index (χ3v) is 7.48. The fraction of sp³-hybridized carbons (Fsp3) is 0.429. The third kappa shape index (κ3) is 4.74. The van der Waals surface area contributed by atoms with Gasteiger partial charge in [-0.15, -0.1) is 0 Å². The van der Waals surface area contributed by atoms with Gasteiger partial charge in [0.15, 0.2) is 0 Å². The number of nitrogens with zero attached hydrogens (tertiary/aromatic N) is 3. The molecular weight excluding hydrogens is 410 g/mol. The molecule has 172 valence electrons. The van der Waals surface area contributed by atoms with E-state index in [9.17, 15) is 9.59 Å². The summed E-state index contributed by atoms with van der Waals surface area (Å²) in [5, 5.41) is 0. The number of likely N-dealkylation sites (tertiary alicyclic amines) is 1. The van der Waals surface area contributed by atoms with Gasteiger partial charge in [-0.1, -0.05) is 72.3 Å². The van der Waals surface area contributed by atoms with E-state index in [0.717, 1.165) is 25.9 Å². The van der Waals surface area contributed by atoms with Crippen LogP contribution >= 0.6 is 0 Å². The molecule has 33 heavy (non-hydrogen) atoms. The van der Waals surface area contributed by atoms with Crippen molar-refractivity contribution < 1.29 is 9.59 Å². The Morgan fingerprint density at radius 3 is 1.97 bits per heavy atom. The van der Waals surface area contributed by atoms with E-state index in [0.29, 0.717) is 32.1 Å². The van der Waals surface area contributed by atoms with Gasteiger partial charge in [0.05, 0.1) is 6.04 Å². The van der Waals surface area contributed by atoms with Crippen LogP contribution in [0.15, 0.2) is 72.3 Å². The number of hydrogen-bond donors (Lipinski definition) is 0. The molecule has 1 unspecified atom stereocenters. The number of rotatable bonds is 3. The van der Waals surface area contributed by atoms with Gasteiger partial charge in [-0.2, -0.15) is 0 Å². The number of fused-ring (bicyclic) bond motifs is 1. The second-order valence-electron chi connectivity index (χ2n) is 9.47. The Labute approximate surface area is 196 Å². The van der Waals surface area contributed by atoms with Gasteiger partial charge in [0.25, 0.3) is 0 Å². The molecule has 0 spiro atoms. The van der Waals surface area contributed by atoms with Crippen LogP contribution in [0.4, 0.5) is 0 Å². The lowest BCUT2D eigenvalue weighted by atomic mass is 9.82. The molecule has 2 heterocycles. The van der Waals surface area contributed by atoms with Crippen molar-refractivity contribution in [3.8, 4) is 0 Å². The van der Waals surface area contributed by atoms with Crippen molar-refractivity contribution in [2.75, 3.05) is 39.3 Å². The lowest BCUT2D eigenvalue weighted by Gasteiger charge is -2.41. The summed E-state index contributed by atoms with van der Waals surface area (Å²) in [6.45, 7) is 4.01. The topological polar surface area (TPSA) is 43.9 Å². The predicted molar refractivity (Wildman–Crippen MR) is 130 cm³/mol. The lowest BCUT2D eigenvalue weighted by Crippen LogP contribution is -2.55. The van der Waals surface area contributed by atoms with Crippen LogP contribution < -0.4 is 0 Å². The van der Waals surface area contributed by atoms with Crippen molar-refractivity contribution in [1.29, 1.82) is 0 Å². The Hall–Kier alpha value is -2.92. The summed E-state index contributed by atoms with van der Waals surface area (Å²) in [5.74, 6) is -0.0362. The highest BCUT2D eigenvalue weighted by Crippen LogP contribution is 2.32. The van der Waals surface area contributed by atoms with Crippen molar-refractivity contribution in [2.45, 2.75) is 31.7 Å². The van der Waals surface area contributed by atoms with Crippen molar-refractivity contribution in [3.63, 3.8) is 0 Å². The molecule has 0 saturated carbocycles. The predicted octanol–water partition coefficient (Wildman–Crippen LogP) is 3.88. The summed E-state index contributed by atoms with van der Waals surface area (Å²) in [5.41, 5.74) is 3.87. The van der Waals surface area contributed by atoms with Gasteiger partial charge in [0.2, 0.25) is 0 Å². The first-order valence-corrected chi connectivity index (χ1v) is 12.3. The van der Waals surface area contributed by atoms with Crippen molar-refractivity contribution in [1.82, 2.24) is 14.7 Å². The van der Waals surface area contributed by atoms with Gasteiger partial charge in [-0.3, -0.25) is 14.5 Å². The quantitative estimate of drug-likeness (QED) is 0.534. The van der Waals surface area contributed by atoms with E-state index in [4.69, 9.17) is 0 Å². The molecule has 2 fully saturated rings. The average Bonchev–Trinajstić information content (AvgIpc) is 2.89. The highest BCUT2D eigenvalue weighted by Gasteiger charge is 2.35. The fourth-order valence-corrected chi connectivity index (χ4v) is 5.65. The molecule has 1 atom stereocenters. The molecular formula is C28H33N3O2. The summed E-state index contributed by atoms with van der Waals surface area (Å²) >= 11 is 0. The van der Waals surface area contributed by atoms with E-state index in [2.05, 4.69) is 59.5 Å². The first-order chi connectivity index (χ1) is 16.2. The van der Waals surface area contributed by atoms with Crippen LogP contribution in [0.2, 0.25) is 0 Å². The first-order valence-electron chi connectivity index (χ1n) is 12.3. The molecule has 3 aliphatic rings. The number of amides is 2. The fourth-order valence-electron chi connectivity index (χ4n) is 5.65. The Balaban J connectivity index is 1.24. The summed E-state index contributed by atoms with van der Waals surface area (Å²) in [6.07, 6.45) is 6.87. The maximum atomic E-state index is 13.1. The van der Waals surface area contributed by atoms with E-state index in [1.165, 1.54) is 29.5 Å². The van der Waals surface area contributed by atoms with Crippen LogP contribution in [0, 0.1) is 5.92 Å². The molecule has 5 heteroatoms. The van der Waals surface area contributed by atoms with Crippen LogP contribution in [-0.4, -0.2) is 65.8 Å². The van der Waals surface area contributed by atoms with Crippen molar-refractivity contribution in [3.05, 3.63) is 83.4 Å². The molecule has 5 nitrogen and oxygen atoms in total. The number of piperidine rings is 1. The second kappa shape index (κ2) is 9.92. The minimum Gasteiger partial charge on any atom is -0.332 e. The minimum absolute atomic E-state index is 0.151.